The van der Waals surface area contributed by atoms with E-state index >= 15 is 0 Å². The van der Waals surface area contributed by atoms with Crippen molar-refractivity contribution in [1.82, 2.24) is 0 Å². The second kappa shape index (κ2) is 8.16. The lowest BCUT2D eigenvalue weighted by Gasteiger charge is -2.01. The minimum absolute atomic E-state index is 0.718. The maximum absolute atomic E-state index is 5.35. The SMILES string of the molecule is CC=C=C(C/C=C\CC)OCC. The third-order valence-corrected chi connectivity index (χ3v) is 1.33. The van der Waals surface area contributed by atoms with E-state index in [1.165, 1.54) is 0 Å². The molecule has 0 aromatic rings. The van der Waals surface area contributed by atoms with Crippen LogP contribution in [0.15, 0.2) is 29.7 Å². The van der Waals surface area contributed by atoms with Crippen molar-refractivity contribution in [3.8, 4) is 0 Å². The van der Waals surface area contributed by atoms with Gasteiger partial charge in [-0.25, -0.2) is 0 Å². The summed E-state index contributed by atoms with van der Waals surface area (Å²) in [4.78, 5) is 0. The molecule has 0 saturated heterocycles. The van der Waals surface area contributed by atoms with E-state index < -0.39 is 0 Å². The molecule has 0 unspecified atom stereocenters. The average Bonchev–Trinajstić information content (AvgIpc) is 2.06. The Hall–Kier alpha value is -0.940. The van der Waals surface area contributed by atoms with Gasteiger partial charge in [0.25, 0.3) is 0 Å². The Labute approximate surface area is 75.4 Å². The molecule has 0 aromatic heterocycles. The molecule has 0 radical (unpaired) electrons. The lowest BCUT2D eigenvalue weighted by Crippen LogP contribution is -1.88. The van der Waals surface area contributed by atoms with Crippen molar-refractivity contribution < 1.29 is 4.74 Å². The summed E-state index contributed by atoms with van der Waals surface area (Å²) in [6.45, 7) is 6.77. The average molecular weight is 166 g/mol. The van der Waals surface area contributed by atoms with Crippen molar-refractivity contribution in [2.75, 3.05) is 6.61 Å². The second-order valence-corrected chi connectivity index (χ2v) is 2.37. The van der Waals surface area contributed by atoms with Crippen LogP contribution in [0.3, 0.4) is 0 Å². The zero-order valence-electron chi connectivity index (χ0n) is 8.26. The van der Waals surface area contributed by atoms with Gasteiger partial charge in [0.05, 0.1) is 6.61 Å². The summed E-state index contributed by atoms with van der Waals surface area (Å²) in [6, 6.07) is 0. The third-order valence-electron chi connectivity index (χ3n) is 1.33. The lowest BCUT2D eigenvalue weighted by atomic mass is 10.3. The Morgan fingerprint density at radius 3 is 2.58 bits per heavy atom. The van der Waals surface area contributed by atoms with Crippen LogP contribution in [0.4, 0.5) is 0 Å². The van der Waals surface area contributed by atoms with Crippen LogP contribution in [0.5, 0.6) is 0 Å². The molecule has 0 aliphatic rings. The first-order chi connectivity index (χ1) is 5.85. The van der Waals surface area contributed by atoms with Crippen molar-refractivity contribution in [2.24, 2.45) is 0 Å². The molecular weight excluding hydrogens is 148 g/mol. The van der Waals surface area contributed by atoms with Crippen LogP contribution in [0.1, 0.15) is 33.6 Å². The monoisotopic (exact) mass is 166 g/mol. The first-order valence-electron chi connectivity index (χ1n) is 4.53. The molecule has 0 bridgehead atoms. The van der Waals surface area contributed by atoms with Gasteiger partial charge >= 0.3 is 0 Å². The van der Waals surface area contributed by atoms with Gasteiger partial charge in [-0.15, -0.1) is 0 Å². The Morgan fingerprint density at radius 1 is 1.33 bits per heavy atom. The molecule has 1 nitrogen and oxygen atoms in total. The van der Waals surface area contributed by atoms with Gasteiger partial charge in [0, 0.05) is 6.42 Å². The smallest absolute Gasteiger partial charge is 0.141 e. The molecule has 0 spiro atoms. The summed E-state index contributed by atoms with van der Waals surface area (Å²) in [5.74, 6) is 0.921. The molecule has 0 aromatic carbocycles. The van der Waals surface area contributed by atoms with Crippen LogP contribution in [0.2, 0.25) is 0 Å². The van der Waals surface area contributed by atoms with Crippen molar-refractivity contribution in [2.45, 2.75) is 33.6 Å². The zero-order chi connectivity index (χ0) is 9.23. The highest BCUT2D eigenvalue weighted by Crippen LogP contribution is 2.02. The normalized spacial score (nSPS) is 9.58. The Bertz CT molecular complexity index is 183. The zero-order valence-corrected chi connectivity index (χ0v) is 8.26. The van der Waals surface area contributed by atoms with Crippen LogP contribution in [0, 0.1) is 0 Å². The van der Waals surface area contributed by atoms with Crippen molar-refractivity contribution >= 4 is 0 Å². The number of rotatable bonds is 5. The molecule has 0 amide bonds. The standard InChI is InChI=1S/C11H18O/c1-4-7-8-10-11(9-5-2)12-6-3/h5,7-8H,4,6,10H2,1-3H3/b8-7-. The summed E-state index contributed by atoms with van der Waals surface area (Å²) in [5.41, 5.74) is 3.06. The van der Waals surface area contributed by atoms with E-state index in [0.29, 0.717) is 0 Å². The molecule has 0 heterocycles. The van der Waals surface area contributed by atoms with Crippen LogP contribution < -0.4 is 0 Å². The lowest BCUT2D eigenvalue weighted by molar-refractivity contribution is 0.225. The van der Waals surface area contributed by atoms with E-state index in [1.54, 1.807) is 0 Å². The summed E-state index contributed by atoms with van der Waals surface area (Å²) >= 11 is 0. The first kappa shape index (κ1) is 11.1. The maximum atomic E-state index is 5.35. The summed E-state index contributed by atoms with van der Waals surface area (Å²) in [7, 11) is 0. The van der Waals surface area contributed by atoms with E-state index in [1.807, 2.05) is 19.9 Å². The van der Waals surface area contributed by atoms with Gasteiger partial charge in [-0.05, 0) is 26.3 Å². The van der Waals surface area contributed by atoms with Crippen LogP contribution in [-0.4, -0.2) is 6.61 Å². The minimum Gasteiger partial charge on any atom is -0.490 e. The Morgan fingerprint density at radius 2 is 2.08 bits per heavy atom. The van der Waals surface area contributed by atoms with Gasteiger partial charge in [-0.1, -0.05) is 24.8 Å². The highest BCUT2D eigenvalue weighted by atomic mass is 16.5. The predicted molar refractivity (Wildman–Crippen MR) is 52.9 cm³/mol. The molecule has 0 rings (SSSR count). The molecule has 1 heteroatoms. The van der Waals surface area contributed by atoms with Gasteiger partial charge in [0.2, 0.25) is 0 Å². The van der Waals surface area contributed by atoms with E-state index in [4.69, 9.17) is 4.74 Å². The Kier molecular flexibility index (Phi) is 7.52. The predicted octanol–water partition coefficient (Wildman–Crippen LogP) is 3.44. The molecule has 0 fully saturated rings. The summed E-state index contributed by atoms with van der Waals surface area (Å²) < 4.78 is 5.35. The number of allylic oxidation sites excluding steroid dienone is 2. The molecule has 0 aliphatic carbocycles. The third kappa shape index (κ3) is 5.82. The summed E-state index contributed by atoms with van der Waals surface area (Å²) in [5, 5.41) is 0. The number of ether oxygens (including phenoxy) is 1. The topological polar surface area (TPSA) is 9.23 Å². The van der Waals surface area contributed by atoms with Crippen molar-refractivity contribution in [3.05, 3.63) is 29.7 Å². The van der Waals surface area contributed by atoms with Crippen LogP contribution >= 0.6 is 0 Å². The highest BCUT2D eigenvalue weighted by Gasteiger charge is 1.90. The fraction of sp³-hybridized carbons (Fsp3) is 0.545. The fourth-order valence-electron chi connectivity index (χ4n) is 0.852. The molecule has 12 heavy (non-hydrogen) atoms. The molecule has 0 aliphatic heterocycles. The van der Waals surface area contributed by atoms with Crippen molar-refractivity contribution in [1.29, 1.82) is 0 Å². The Balaban J connectivity index is 3.97. The molecule has 0 saturated carbocycles. The van der Waals surface area contributed by atoms with Gasteiger partial charge in [-0.2, -0.15) is 0 Å². The first-order valence-corrected chi connectivity index (χ1v) is 4.53. The minimum atomic E-state index is 0.718. The fourth-order valence-corrected chi connectivity index (χ4v) is 0.852. The largest absolute Gasteiger partial charge is 0.490 e. The van der Waals surface area contributed by atoms with Crippen LogP contribution in [0.25, 0.3) is 0 Å². The van der Waals surface area contributed by atoms with E-state index in [0.717, 1.165) is 25.2 Å². The quantitative estimate of drug-likeness (QED) is 0.345. The highest BCUT2D eigenvalue weighted by molar-refractivity contribution is 4.99. The van der Waals surface area contributed by atoms with E-state index in [9.17, 15) is 0 Å². The van der Waals surface area contributed by atoms with Crippen LogP contribution in [-0.2, 0) is 4.74 Å². The molecular formula is C11H18O. The van der Waals surface area contributed by atoms with Gasteiger partial charge < -0.3 is 4.74 Å². The maximum Gasteiger partial charge on any atom is 0.141 e. The second-order valence-electron chi connectivity index (χ2n) is 2.37. The van der Waals surface area contributed by atoms with E-state index in [-0.39, 0.29) is 0 Å². The molecule has 0 N–H and O–H groups in total. The van der Waals surface area contributed by atoms with Gasteiger partial charge in [0.15, 0.2) is 0 Å². The van der Waals surface area contributed by atoms with Gasteiger partial charge in [0.1, 0.15) is 5.76 Å². The molecule has 68 valence electrons. The summed E-state index contributed by atoms with van der Waals surface area (Å²) in [6.07, 6.45) is 8.06. The van der Waals surface area contributed by atoms with Gasteiger partial charge in [-0.3, -0.25) is 0 Å². The van der Waals surface area contributed by atoms with E-state index in [2.05, 4.69) is 24.8 Å². The number of hydrogen-bond acceptors (Lipinski definition) is 1. The molecule has 0 atom stereocenters. The van der Waals surface area contributed by atoms with Crippen molar-refractivity contribution in [3.63, 3.8) is 0 Å². The number of hydrogen-bond donors (Lipinski definition) is 0.